The molecule has 1 aromatic heterocycles. The third kappa shape index (κ3) is 3.97. The van der Waals surface area contributed by atoms with Crippen LogP contribution in [0.25, 0.3) is 23.0 Å². The lowest BCUT2D eigenvalue weighted by Crippen LogP contribution is -1.98. The van der Waals surface area contributed by atoms with Crippen LogP contribution in [-0.4, -0.2) is 21.3 Å². The van der Waals surface area contributed by atoms with Gasteiger partial charge < -0.3 is 4.74 Å². The summed E-state index contributed by atoms with van der Waals surface area (Å²) in [5, 5.41) is 5.34. The highest BCUT2D eigenvalue weighted by Gasteiger charge is 2.28. The molecule has 0 saturated carbocycles. The van der Waals surface area contributed by atoms with Crippen molar-refractivity contribution >= 4 is 35.2 Å². The molecule has 4 nitrogen and oxygen atoms in total. The fraction of sp³-hybridized carbons (Fsp3) is 0.0769. The third-order valence-corrected chi connectivity index (χ3v) is 6.25. The Kier molecular flexibility index (Phi) is 5.60. The SMILES string of the molecule is CCSc1ccc(-c2nn(-c3ccccc3)cc2/C=C2\Oc3ccc(Cl)cc3C2=O)cc1. The molecular formula is C26H19ClN2O2S. The first-order chi connectivity index (χ1) is 15.6. The van der Waals surface area contributed by atoms with Crippen molar-refractivity contribution in [3.05, 3.63) is 101 Å². The highest BCUT2D eigenvalue weighted by Crippen LogP contribution is 2.35. The van der Waals surface area contributed by atoms with Crippen LogP contribution in [-0.2, 0) is 0 Å². The first kappa shape index (κ1) is 20.6. The summed E-state index contributed by atoms with van der Waals surface area (Å²) in [6, 6.07) is 23.3. The molecule has 2 heterocycles. The molecule has 0 bridgehead atoms. The van der Waals surface area contributed by atoms with Gasteiger partial charge in [-0.2, -0.15) is 5.10 Å². The average molecular weight is 459 g/mol. The number of aromatic nitrogens is 2. The van der Waals surface area contributed by atoms with Crippen molar-refractivity contribution in [3.8, 4) is 22.7 Å². The van der Waals surface area contributed by atoms with E-state index in [0.717, 1.165) is 28.3 Å². The summed E-state index contributed by atoms with van der Waals surface area (Å²) in [7, 11) is 0. The molecular weight excluding hydrogens is 440 g/mol. The third-order valence-electron chi connectivity index (χ3n) is 5.12. The first-order valence-electron chi connectivity index (χ1n) is 10.2. The summed E-state index contributed by atoms with van der Waals surface area (Å²) in [6.07, 6.45) is 3.67. The molecule has 1 aliphatic rings. The van der Waals surface area contributed by atoms with E-state index in [-0.39, 0.29) is 11.5 Å². The molecule has 0 spiro atoms. The molecule has 0 aliphatic carbocycles. The number of carbonyl (C=O) groups is 1. The van der Waals surface area contributed by atoms with E-state index >= 15 is 0 Å². The fourth-order valence-corrected chi connectivity index (χ4v) is 4.44. The van der Waals surface area contributed by atoms with Gasteiger partial charge in [0.1, 0.15) is 11.4 Å². The van der Waals surface area contributed by atoms with E-state index in [0.29, 0.717) is 16.3 Å². The minimum absolute atomic E-state index is 0.185. The number of carbonyl (C=O) groups excluding carboxylic acids is 1. The van der Waals surface area contributed by atoms with E-state index in [9.17, 15) is 4.79 Å². The van der Waals surface area contributed by atoms with Crippen molar-refractivity contribution in [2.24, 2.45) is 0 Å². The van der Waals surface area contributed by atoms with Gasteiger partial charge in [0.05, 0.1) is 11.3 Å². The highest BCUT2D eigenvalue weighted by atomic mass is 35.5. The normalized spacial score (nSPS) is 13.9. The van der Waals surface area contributed by atoms with E-state index in [2.05, 4.69) is 31.2 Å². The van der Waals surface area contributed by atoms with Crippen LogP contribution in [0.15, 0.2) is 89.6 Å². The summed E-state index contributed by atoms with van der Waals surface area (Å²) < 4.78 is 7.67. The number of hydrogen-bond donors (Lipinski definition) is 0. The van der Waals surface area contributed by atoms with Crippen molar-refractivity contribution in [1.29, 1.82) is 0 Å². The maximum atomic E-state index is 12.9. The lowest BCUT2D eigenvalue weighted by atomic mass is 10.1. The Morgan fingerprint density at radius 3 is 2.59 bits per heavy atom. The van der Waals surface area contributed by atoms with Crippen molar-refractivity contribution < 1.29 is 9.53 Å². The van der Waals surface area contributed by atoms with Gasteiger partial charge in [0.2, 0.25) is 5.78 Å². The number of thioether (sulfide) groups is 1. The predicted molar refractivity (Wildman–Crippen MR) is 130 cm³/mol. The number of fused-ring (bicyclic) bond motifs is 1. The standard InChI is InChI=1S/C26H19ClN2O2S/c1-2-32-21-11-8-17(9-12-21)25-18(16-29(28-25)20-6-4-3-5-7-20)14-24-26(30)22-15-19(27)10-13-23(22)31-24/h3-16H,2H2,1H3/b24-14-. The molecule has 0 unspecified atom stereocenters. The molecule has 3 aromatic carbocycles. The summed E-state index contributed by atoms with van der Waals surface area (Å²) in [4.78, 5) is 14.1. The molecule has 4 aromatic rings. The summed E-state index contributed by atoms with van der Waals surface area (Å²) in [5.74, 6) is 1.61. The van der Waals surface area contributed by atoms with Gasteiger partial charge in [-0.3, -0.25) is 4.79 Å². The Labute approximate surface area is 195 Å². The van der Waals surface area contributed by atoms with Crippen molar-refractivity contribution in [3.63, 3.8) is 0 Å². The zero-order valence-corrected chi connectivity index (χ0v) is 18.9. The van der Waals surface area contributed by atoms with Crippen LogP contribution in [0.3, 0.4) is 0 Å². The quantitative estimate of drug-likeness (QED) is 0.240. The van der Waals surface area contributed by atoms with Crippen molar-refractivity contribution in [1.82, 2.24) is 9.78 Å². The second-order valence-electron chi connectivity index (χ2n) is 7.25. The van der Waals surface area contributed by atoms with Gasteiger partial charge in [-0.05, 0) is 54.3 Å². The topological polar surface area (TPSA) is 44.1 Å². The Hall–Kier alpha value is -3.28. The number of rotatable bonds is 5. The zero-order chi connectivity index (χ0) is 22.1. The minimum Gasteiger partial charge on any atom is -0.452 e. The van der Waals surface area contributed by atoms with Crippen LogP contribution in [0, 0.1) is 0 Å². The molecule has 158 valence electrons. The molecule has 0 N–H and O–H groups in total. The monoisotopic (exact) mass is 458 g/mol. The molecule has 0 atom stereocenters. The largest absolute Gasteiger partial charge is 0.452 e. The zero-order valence-electron chi connectivity index (χ0n) is 17.3. The number of ketones is 1. The van der Waals surface area contributed by atoms with E-state index in [4.69, 9.17) is 21.4 Å². The Bertz CT molecular complexity index is 1330. The second-order valence-corrected chi connectivity index (χ2v) is 9.02. The number of hydrogen-bond acceptors (Lipinski definition) is 4. The van der Waals surface area contributed by atoms with Crippen molar-refractivity contribution in [2.45, 2.75) is 11.8 Å². The van der Waals surface area contributed by atoms with E-state index in [1.54, 1.807) is 36.0 Å². The Morgan fingerprint density at radius 2 is 1.84 bits per heavy atom. The van der Waals surface area contributed by atoms with Gasteiger partial charge in [0, 0.05) is 27.2 Å². The van der Waals surface area contributed by atoms with Crippen molar-refractivity contribution in [2.75, 3.05) is 5.75 Å². The maximum absolute atomic E-state index is 12.9. The van der Waals surface area contributed by atoms with E-state index < -0.39 is 0 Å². The van der Waals surface area contributed by atoms with Crippen LogP contribution in [0.5, 0.6) is 5.75 Å². The minimum atomic E-state index is -0.185. The van der Waals surface area contributed by atoms with Crippen LogP contribution >= 0.6 is 23.4 Å². The maximum Gasteiger partial charge on any atom is 0.232 e. The molecule has 6 heteroatoms. The average Bonchev–Trinajstić information content (AvgIpc) is 3.37. The lowest BCUT2D eigenvalue weighted by molar-refractivity contribution is 0.101. The number of benzene rings is 3. The summed E-state index contributed by atoms with van der Waals surface area (Å²) in [6.45, 7) is 2.13. The number of ether oxygens (including phenoxy) is 1. The van der Waals surface area contributed by atoms with Gasteiger partial charge >= 0.3 is 0 Å². The molecule has 32 heavy (non-hydrogen) atoms. The fourth-order valence-electron chi connectivity index (χ4n) is 3.61. The first-order valence-corrected chi connectivity index (χ1v) is 11.6. The predicted octanol–water partition coefficient (Wildman–Crippen LogP) is 6.92. The molecule has 0 radical (unpaired) electrons. The number of halogens is 1. The molecule has 0 fully saturated rings. The van der Waals surface area contributed by atoms with Gasteiger partial charge in [0.15, 0.2) is 5.76 Å². The molecule has 0 amide bonds. The smallest absolute Gasteiger partial charge is 0.232 e. The summed E-state index contributed by atoms with van der Waals surface area (Å²) in [5.41, 5.74) is 3.96. The lowest BCUT2D eigenvalue weighted by Gasteiger charge is -2.03. The van der Waals surface area contributed by atoms with Crippen LogP contribution < -0.4 is 4.74 Å². The summed E-state index contributed by atoms with van der Waals surface area (Å²) >= 11 is 7.86. The van der Waals surface area contributed by atoms with Gasteiger partial charge in [-0.1, -0.05) is 48.9 Å². The molecule has 1 aliphatic heterocycles. The Morgan fingerprint density at radius 1 is 1.06 bits per heavy atom. The number of nitrogens with zero attached hydrogens (tertiary/aromatic N) is 2. The van der Waals surface area contributed by atoms with Crippen LogP contribution in [0.1, 0.15) is 22.8 Å². The van der Waals surface area contributed by atoms with Gasteiger partial charge in [-0.15, -0.1) is 11.8 Å². The number of Topliss-reactive ketones (excluding diaryl/α,β-unsaturated/α-hetero) is 1. The van der Waals surface area contributed by atoms with Gasteiger partial charge in [0.25, 0.3) is 0 Å². The second kappa shape index (κ2) is 8.69. The van der Waals surface area contributed by atoms with E-state index in [1.165, 1.54) is 4.90 Å². The number of para-hydroxylation sites is 1. The highest BCUT2D eigenvalue weighted by molar-refractivity contribution is 7.99. The van der Waals surface area contributed by atoms with Gasteiger partial charge in [-0.25, -0.2) is 4.68 Å². The molecule has 5 rings (SSSR count). The van der Waals surface area contributed by atoms with Crippen LogP contribution in [0.2, 0.25) is 5.02 Å². The number of allylic oxidation sites excluding steroid dienone is 1. The Balaban J connectivity index is 1.59. The van der Waals surface area contributed by atoms with Crippen LogP contribution in [0.4, 0.5) is 0 Å². The molecule has 0 saturated heterocycles. The van der Waals surface area contributed by atoms with E-state index in [1.807, 2.05) is 41.2 Å².